The minimum absolute atomic E-state index is 0.479. The lowest BCUT2D eigenvalue weighted by Gasteiger charge is -2.08. The van der Waals surface area contributed by atoms with E-state index in [-0.39, 0.29) is 0 Å². The molecular formula is C17H21NO2. The van der Waals surface area contributed by atoms with E-state index >= 15 is 0 Å². The third kappa shape index (κ3) is 3.42. The molecule has 1 N–H and O–H groups in total. The molecule has 1 aliphatic rings. The standard InChI is InChI=1S/C17H21NO2/c1-12-3-6-17(13(2)7-12)20-11-16-8-14(10-19-16)9-18-15-4-5-15/h3,6-8,10,15,18H,4-5,9,11H2,1-2H3. The van der Waals surface area contributed by atoms with E-state index in [1.54, 1.807) is 0 Å². The van der Waals surface area contributed by atoms with Crippen molar-refractivity contribution in [1.29, 1.82) is 0 Å². The van der Waals surface area contributed by atoms with Gasteiger partial charge in [-0.15, -0.1) is 0 Å². The zero-order chi connectivity index (χ0) is 13.9. The van der Waals surface area contributed by atoms with Crippen LogP contribution in [0.2, 0.25) is 0 Å². The Balaban J connectivity index is 1.54. The highest BCUT2D eigenvalue weighted by Gasteiger charge is 2.20. The summed E-state index contributed by atoms with van der Waals surface area (Å²) in [4.78, 5) is 0. The predicted octanol–water partition coefficient (Wildman–Crippen LogP) is 3.73. The molecule has 3 rings (SSSR count). The molecule has 1 fully saturated rings. The van der Waals surface area contributed by atoms with Crippen molar-refractivity contribution in [3.05, 3.63) is 53.0 Å². The maximum atomic E-state index is 5.81. The smallest absolute Gasteiger partial charge is 0.146 e. The predicted molar refractivity (Wildman–Crippen MR) is 78.8 cm³/mol. The maximum Gasteiger partial charge on any atom is 0.146 e. The molecule has 0 unspecified atom stereocenters. The zero-order valence-corrected chi connectivity index (χ0v) is 12.1. The van der Waals surface area contributed by atoms with Crippen molar-refractivity contribution in [2.45, 2.75) is 45.9 Å². The molecular weight excluding hydrogens is 250 g/mol. The van der Waals surface area contributed by atoms with Gasteiger partial charge in [-0.25, -0.2) is 0 Å². The lowest BCUT2D eigenvalue weighted by Crippen LogP contribution is -2.14. The van der Waals surface area contributed by atoms with Crippen LogP contribution in [-0.4, -0.2) is 6.04 Å². The van der Waals surface area contributed by atoms with Crippen LogP contribution in [0.1, 0.15) is 35.3 Å². The highest BCUT2D eigenvalue weighted by Crippen LogP contribution is 2.21. The van der Waals surface area contributed by atoms with Crippen molar-refractivity contribution in [2.75, 3.05) is 0 Å². The quantitative estimate of drug-likeness (QED) is 0.869. The van der Waals surface area contributed by atoms with E-state index in [4.69, 9.17) is 9.15 Å². The molecule has 1 aliphatic carbocycles. The summed E-state index contributed by atoms with van der Waals surface area (Å²) in [6.07, 6.45) is 4.43. The number of ether oxygens (including phenoxy) is 1. The number of benzene rings is 1. The molecule has 1 heterocycles. The minimum atomic E-state index is 0.479. The monoisotopic (exact) mass is 271 g/mol. The number of aryl methyl sites for hydroxylation is 2. The number of rotatable bonds is 6. The Morgan fingerprint density at radius 1 is 1.25 bits per heavy atom. The van der Waals surface area contributed by atoms with Crippen LogP contribution in [0.3, 0.4) is 0 Å². The van der Waals surface area contributed by atoms with E-state index in [0.29, 0.717) is 6.61 Å². The molecule has 2 aromatic rings. The average molecular weight is 271 g/mol. The molecule has 0 amide bonds. The number of hydrogen-bond acceptors (Lipinski definition) is 3. The molecule has 3 heteroatoms. The Morgan fingerprint density at radius 3 is 2.85 bits per heavy atom. The second-order valence-electron chi connectivity index (χ2n) is 5.63. The van der Waals surface area contributed by atoms with Gasteiger partial charge in [0.15, 0.2) is 0 Å². The molecule has 20 heavy (non-hydrogen) atoms. The zero-order valence-electron chi connectivity index (χ0n) is 12.1. The number of hydrogen-bond donors (Lipinski definition) is 1. The Kier molecular flexibility index (Phi) is 3.79. The van der Waals surface area contributed by atoms with Gasteiger partial charge in [-0.2, -0.15) is 0 Å². The molecule has 0 atom stereocenters. The lowest BCUT2D eigenvalue weighted by molar-refractivity contribution is 0.268. The summed E-state index contributed by atoms with van der Waals surface area (Å²) < 4.78 is 11.4. The van der Waals surface area contributed by atoms with Crippen LogP contribution in [0.25, 0.3) is 0 Å². The first-order valence-corrected chi connectivity index (χ1v) is 7.20. The molecule has 106 valence electrons. The van der Waals surface area contributed by atoms with Gasteiger partial charge in [-0.3, -0.25) is 0 Å². The van der Waals surface area contributed by atoms with Gasteiger partial charge in [-0.1, -0.05) is 17.7 Å². The number of nitrogens with one attached hydrogen (secondary N) is 1. The minimum Gasteiger partial charge on any atom is -0.485 e. The van der Waals surface area contributed by atoms with E-state index < -0.39 is 0 Å². The Labute approximate surface area is 119 Å². The van der Waals surface area contributed by atoms with Crippen LogP contribution in [-0.2, 0) is 13.2 Å². The molecule has 0 aliphatic heterocycles. The van der Waals surface area contributed by atoms with Gasteiger partial charge in [0.1, 0.15) is 18.1 Å². The molecule has 0 bridgehead atoms. The van der Waals surface area contributed by atoms with Crippen LogP contribution in [0.15, 0.2) is 34.9 Å². The third-order valence-corrected chi connectivity index (χ3v) is 3.58. The lowest BCUT2D eigenvalue weighted by atomic mass is 10.1. The van der Waals surface area contributed by atoms with E-state index in [9.17, 15) is 0 Å². The second kappa shape index (κ2) is 5.71. The SMILES string of the molecule is Cc1ccc(OCc2cc(CNC3CC3)co2)c(C)c1. The van der Waals surface area contributed by atoms with Crippen molar-refractivity contribution >= 4 is 0 Å². The average Bonchev–Trinajstić information content (AvgIpc) is 3.14. The highest BCUT2D eigenvalue weighted by molar-refractivity contribution is 5.35. The van der Waals surface area contributed by atoms with Crippen molar-refractivity contribution in [3.63, 3.8) is 0 Å². The summed E-state index contributed by atoms with van der Waals surface area (Å²) >= 11 is 0. The highest BCUT2D eigenvalue weighted by atomic mass is 16.5. The molecule has 3 nitrogen and oxygen atoms in total. The van der Waals surface area contributed by atoms with Crippen LogP contribution in [0, 0.1) is 13.8 Å². The Bertz CT molecular complexity index is 584. The summed E-state index contributed by atoms with van der Waals surface area (Å²) in [6, 6.07) is 9.00. The fraction of sp³-hybridized carbons (Fsp3) is 0.412. The summed E-state index contributed by atoms with van der Waals surface area (Å²) in [5, 5.41) is 3.47. The van der Waals surface area contributed by atoms with Gasteiger partial charge in [0.05, 0.1) is 6.26 Å². The summed E-state index contributed by atoms with van der Waals surface area (Å²) in [5.74, 6) is 1.79. The van der Waals surface area contributed by atoms with Crippen molar-refractivity contribution in [3.8, 4) is 5.75 Å². The molecule has 1 aromatic heterocycles. The van der Waals surface area contributed by atoms with Crippen LogP contribution in [0.5, 0.6) is 5.75 Å². The van der Waals surface area contributed by atoms with E-state index in [1.807, 2.05) is 12.3 Å². The normalized spacial score (nSPS) is 14.5. The van der Waals surface area contributed by atoms with Gasteiger partial charge in [0.25, 0.3) is 0 Å². The van der Waals surface area contributed by atoms with Crippen molar-refractivity contribution in [2.24, 2.45) is 0 Å². The molecule has 1 aromatic carbocycles. The van der Waals surface area contributed by atoms with Gasteiger partial charge in [0, 0.05) is 18.2 Å². The molecule has 0 saturated heterocycles. The number of furan rings is 1. The Hall–Kier alpha value is -1.74. The summed E-state index contributed by atoms with van der Waals surface area (Å²) in [6.45, 7) is 5.52. The fourth-order valence-electron chi connectivity index (χ4n) is 2.25. The van der Waals surface area contributed by atoms with E-state index in [1.165, 1.54) is 24.0 Å². The van der Waals surface area contributed by atoms with E-state index in [2.05, 4.69) is 37.4 Å². The summed E-state index contributed by atoms with van der Waals surface area (Å²) in [7, 11) is 0. The first kappa shape index (κ1) is 13.3. The molecule has 0 radical (unpaired) electrons. The van der Waals surface area contributed by atoms with Gasteiger partial charge < -0.3 is 14.5 Å². The third-order valence-electron chi connectivity index (χ3n) is 3.58. The van der Waals surface area contributed by atoms with Gasteiger partial charge in [-0.05, 0) is 44.4 Å². The van der Waals surface area contributed by atoms with Gasteiger partial charge in [0.2, 0.25) is 0 Å². The molecule has 1 saturated carbocycles. The van der Waals surface area contributed by atoms with Crippen molar-refractivity contribution in [1.82, 2.24) is 5.32 Å². The van der Waals surface area contributed by atoms with Gasteiger partial charge >= 0.3 is 0 Å². The topological polar surface area (TPSA) is 34.4 Å². The Morgan fingerprint density at radius 2 is 2.10 bits per heavy atom. The van der Waals surface area contributed by atoms with Crippen molar-refractivity contribution < 1.29 is 9.15 Å². The molecule has 0 spiro atoms. The fourth-order valence-corrected chi connectivity index (χ4v) is 2.25. The van der Waals surface area contributed by atoms with Crippen LogP contribution in [0.4, 0.5) is 0 Å². The first-order chi connectivity index (χ1) is 9.70. The first-order valence-electron chi connectivity index (χ1n) is 7.20. The van der Waals surface area contributed by atoms with E-state index in [0.717, 1.165) is 29.7 Å². The maximum absolute atomic E-state index is 5.81. The summed E-state index contributed by atoms with van der Waals surface area (Å²) in [5.41, 5.74) is 3.60. The largest absolute Gasteiger partial charge is 0.485 e. The van der Waals surface area contributed by atoms with Crippen LogP contribution < -0.4 is 10.1 Å². The van der Waals surface area contributed by atoms with Crippen LogP contribution >= 0.6 is 0 Å². The second-order valence-corrected chi connectivity index (χ2v) is 5.63.